The van der Waals surface area contributed by atoms with Crippen molar-refractivity contribution in [1.82, 2.24) is 0 Å². The van der Waals surface area contributed by atoms with Crippen LogP contribution in [0.25, 0.3) is 0 Å². The number of carbonyl (C=O) groups excluding carboxylic acids is 1. The number of benzene rings is 1. The molecule has 0 aromatic heterocycles. The summed E-state index contributed by atoms with van der Waals surface area (Å²) in [6.45, 7) is 0. The van der Waals surface area contributed by atoms with E-state index >= 15 is 0 Å². The van der Waals surface area contributed by atoms with Gasteiger partial charge in [0.15, 0.2) is 0 Å². The van der Waals surface area contributed by atoms with Crippen molar-refractivity contribution in [1.29, 1.82) is 0 Å². The zero-order chi connectivity index (χ0) is 12.4. The van der Waals surface area contributed by atoms with Gasteiger partial charge in [0, 0.05) is 21.4 Å². The summed E-state index contributed by atoms with van der Waals surface area (Å²) < 4.78 is 1.80. The second-order valence-corrected chi connectivity index (χ2v) is 6.15. The van der Waals surface area contributed by atoms with Gasteiger partial charge in [-0.15, -0.1) is 0 Å². The van der Waals surface area contributed by atoms with Crippen LogP contribution in [0.5, 0.6) is 0 Å². The lowest BCUT2D eigenvalue weighted by molar-refractivity contribution is -0.116. The van der Waals surface area contributed by atoms with Crippen molar-refractivity contribution in [3.8, 4) is 0 Å². The largest absolute Gasteiger partial charge is 0.327 e. The fourth-order valence-corrected chi connectivity index (χ4v) is 2.41. The molecule has 0 saturated heterocycles. The van der Waals surface area contributed by atoms with Crippen LogP contribution in [0.1, 0.15) is 19.3 Å². The lowest BCUT2D eigenvalue weighted by Gasteiger charge is -2.11. The summed E-state index contributed by atoms with van der Waals surface area (Å²) in [7, 11) is 0. The van der Waals surface area contributed by atoms with E-state index in [2.05, 4.69) is 37.2 Å². The van der Waals surface area contributed by atoms with E-state index in [0.29, 0.717) is 12.3 Å². The number of carbonyl (C=O) groups is 1. The van der Waals surface area contributed by atoms with E-state index in [1.807, 2.05) is 18.2 Å². The topological polar surface area (TPSA) is 55.1 Å². The van der Waals surface area contributed by atoms with Gasteiger partial charge in [0.25, 0.3) is 0 Å². The fourth-order valence-electron chi connectivity index (χ4n) is 1.70. The molecule has 0 spiro atoms. The third-order valence-electron chi connectivity index (χ3n) is 2.85. The highest BCUT2D eigenvalue weighted by molar-refractivity contribution is 9.11. The number of anilines is 1. The highest BCUT2D eigenvalue weighted by Crippen LogP contribution is 2.33. The molecular formula is C12H14Br2N2O. The Hall–Kier alpha value is -0.390. The zero-order valence-electron chi connectivity index (χ0n) is 9.25. The lowest BCUT2D eigenvalue weighted by Crippen LogP contribution is -2.28. The predicted octanol–water partition coefficient (Wildman–Crippen LogP) is 3.28. The summed E-state index contributed by atoms with van der Waals surface area (Å²) in [4.78, 5) is 11.8. The Kier molecular flexibility index (Phi) is 4.22. The Morgan fingerprint density at radius 3 is 2.82 bits per heavy atom. The number of hydrogen-bond donors (Lipinski definition) is 2. The van der Waals surface area contributed by atoms with Gasteiger partial charge in [-0.3, -0.25) is 4.79 Å². The van der Waals surface area contributed by atoms with Gasteiger partial charge in [-0.1, -0.05) is 15.9 Å². The first-order valence-electron chi connectivity index (χ1n) is 5.57. The van der Waals surface area contributed by atoms with Gasteiger partial charge in [-0.05, 0) is 52.9 Å². The van der Waals surface area contributed by atoms with Crippen LogP contribution in [0.15, 0.2) is 27.1 Å². The average Bonchev–Trinajstić information content (AvgIpc) is 3.06. The molecule has 1 aliphatic rings. The van der Waals surface area contributed by atoms with Crippen molar-refractivity contribution in [2.45, 2.75) is 25.3 Å². The van der Waals surface area contributed by atoms with E-state index in [9.17, 15) is 4.79 Å². The monoisotopic (exact) mass is 360 g/mol. The number of amides is 1. The van der Waals surface area contributed by atoms with E-state index in [1.54, 1.807) is 0 Å². The van der Waals surface area contributed by atoms with Crippen LogP contribution < -0.4 is 11.1 Å². The minimum absolute atomic E-state index is 0.000860. The molecule has 0 heterocycles. The van der Waals surface area contributed by atoms with Gasteiger partial charge >= 0.3 is 0 Å². The first-order valence-corrected chi connectivity index (χ1v) is 7.15. The van der Waals surface area contributed by atoms with Crippen molar-refractivity contribution in [3.63, 3.8) is 0 Å². The molecule has 1 aromatic rings. The minimum atomic E-state index is -0.0248. The SMILES string of the molecule is NC(CC(=O)Nc1cc(Br)ccc1Br)C1CC1. The van der Waals surface area contributed by atoms with Crippen LogP contribution in [0.3, 0.4) is 0 Å². The van der Waals surface area contributed by atoms with Crippen LogP contribution in [0.2, 0.25) is 0 Å². The molecule has 17 heavy (non-hydrogen) atoms. The molecule has 1 saturated carbocycles. The summed E-state index contributed by atoms with van der Waals surface area (Å²) in [5, 5.41) is 2.87. The number of nitrogens with one attached hydrogen (secondary N) is 1. The molecule has 1 unspecified atom stereocenters. The summed E-state index contributed by atoms with van der Waals surface area (Å²) in [5.41, 5.74) is 6.69. The second-order valence-electron chi connectivity index (χ2n) is 4.38. The fraction of sp³-hybridized carbons (Fsp3) is 0.417. The average molecular weight is 362 g/mol. The molecule has 1 amide bonds. The van der Waals surface area contributed by atoms with E-state index in [1.165, 1.54) is 0 Å². The van der Waals surface area contributed by atoms with Gasteiger partial charge in [0.05, 0.1) is 5.69 Å². The minimum Gasteiger partial charge on any atom is -0.327 e. The highest BCUT2D eigenvalue weighted by atomic mass is 79.9. The predicted molar refractivity (Wildman–Crippen MR) is 75.8 cm³/mol. The van der Waals surface area contributed by atoms with E-state index < -0.39 is 0 Å². The molecule has 3 N–H and O–H groups in total. The van der Waals surface area contributed by atoms with E-state index in [0.717, 1.165) is 27.5 Å². The van der Waals surface area contributed by atoms with Crippen molar-refractivity contribution >= 4 is 43.5 Å². The Bertz CT molecular complexity index is 433. The molecule has 2 rings (SSSR count). The molecule has 0 bridgehead atoms. The summed E-state index contributed by atoms with van der Waals surface area (Å²) in [5.74, 6) is 0.523. The maximum absolute atomic E-state index is 11.8. The number of halogens is 2. The van der Waals surface area contributed by atoms with Gasteiger partial charge in [0.2, 0.25) is 5.91 Å². The highest BCUT2D eigenvalue weighted by Gasteiger charge is 2.29. The van der Waals surface area contributed by atoms with E-state index in [-0.39, 0.29) is 11.9 Å². The third kappa shape index (κ3) is 3.79. The van der Waals surface area contributed by atoms with Gasteiger partial charge < -0.3 is 11.1 Å². The van der Waals surface area contributed by atoms with Crippen LogP contribution in [0, 0.1) is 5.92 Å². The number of hydrogen-bond acceptors (Lipinski definition) is 2. The van der Waals surface area contributed by atoms with E-state index in [4.69, 9.17) is 5.73 Å². The smallest absolute Gasteiger partial charge is 0.225 e. The Morgan fingerprint density at radius 1 is 1.47 bits per heavy atom. The maximum atomic E-state index is 11.8. The number of nitrogens with two attached hydrogens (primary N) is 1. The molecular weight excluding hydrogens is 348 g/mol. The van der Waals surface area contributed by atoms with Crippen LogP contribution in [-0.2, 0) is 4.79 Å². The molecule has 3 nitrogen and oxygen atoms in total. The van der Waals surface area contributed by atoms with Crippen LogP contribution in [0.4, 0.5) is 5.69 Å². The number of rotatable bonds is 4. The first kappa shape index (κ1) is 13.1. The van der Waals surface area contributed by atoms with Crippen molar-refractivity contribution in [2.75, 3.05) is 5.32 Å². The van der Waals surface area contributed by atoms with Gasteiger partial charge in [-0.2, -0.15) is 0 Å². The molecule has 1 aliphatic carbocycles. The standard InChI is InChI=1S/C12H14Br2N2O/c13-8-3-4-9(14)11(5-8)16-12(17)6-10(15)7-1-2-7/h3-5,7,10H,1-2,6,15H2,(H,16,17). The van der Waals surface area contributed by atoms with Crippen LogP contribution >= 0.6 is 31.9 Å². The second kappa shape index (κ2) is 5.50. The molecule has 0 aliphatic heterocycles. The Morgan fingerprint density at radius 2 is 2.18 bits per heavy atom. The molecule has 0 radical (unpaired) electrons. The first-order chi connectivity index (χ1) is 8.06. The molecule has 1 fully saturated rings. The lowest BCUT2D eigenvalue weighted by atomic mass is 10.1. The van der Waals surface area contributed by atoms with Gasteiger partial charge in [-0.25, -0.2) is 0 Å². The van der Waals surface area contributed by atoms with Crippen molar-refractivity contribution in [2.24, 2.45) is 11.7 Å². The normalized spacial score (nSPS) is 16.6. The maximum Gasteiger partial charge on any atom is 0.225 e. The summed E-state index contributed by atoms with van der Waals surface area (Å²) >= 11 is 6.77. The van der Waals surface area contributed by atoms with Crippen molar-refractivity contribution in [3.05, 3.63) is 27.1 Å². The van der Waals surface area contributed by atoms with Crippen LogP contribution in [-0.4, -0.2) is 11.9 Å². The molecule has 1 aromatic carbocycles. The zero-order valence-corrected chi connectivity index (χ0v) is 12.4. The Labute approximate surface area is 117 Å². The molecule has 92 valence electrons. The molecule has 5 heteroatoms. The van der Waals surface area contributed by atoms with Crippen molar-refractivity contribution < 1.29 is 4.79 Å². The van der Waals surface area contributed by atoms with Gasteiger partial charge in [0.1, 0.15) is 0 Å². The third-order valence-corrected chi connectivity index (χ3v) is 4.04. The molecule has 1 atom stereocenters. The Balaban J connectivity index is 1.94. The quantitative estimate of drug-likeness (QED) is 0.864. The summed E-state index contributed by atoms with van der Waals surface area (Å²) in [6.07, 6.45) is 2.72. The summed E-state index contributed by atoms with van der Waals surface area (Å²) in [6, 6.07) is 5.67.